The zero-order valence-corrected chi connectivity index (χ0v) is 13.7. The molecule has 0 saturated heterocycles. The summed E-state index contributed by atoms with van der Waals surface area (Å²) >= 11 is 0. The summed E-state index contributed by atoms with van der Waals surface area (Å²) in [5.41, 5.74) is 5.72. The lowest BCUT2D eigenvalue weighted by molar-refractivity contribution is 0.0563. The van der Waals surface area contributed by atoms with E-state index < -0.39 is 5.97 Å². The number of hydrogen-bond acceptors (Lipinski definition) is 3. The Morgan fingerprint density at radius 1 is 1.32 bits per heavy atom. The fourth-order valence-corrected chi connectivity index (χ4v) is 3.29. The molecule has 0 fully saturated rings. The fraction of sp³-hybridized carbons (Fsp3) is 0.421. The molecule has 0 aliphatic heterocycles. The van der Waals surface area contributed by atoms with Gasteiger partial charge in [-0.3, -0.25) is 0 Å². The first-order valence-corrected chi connectivity index (χ1v) is 7.70. The minimum Gasteiger partial charge on any atom is -0.463 e. The third-order valence-electron chi connectivity index (χ3n) is 4.72. The van der Waals surface area contributed by atoms with Crippen molar-refractivity contribution in [1.29, 1.82) is 0 Å². The molecular formula is C19H22O3. The topological polar surface area (TPSA) is 39.4 Å². The fourth-order valence-electron chi connectivity index (χ4n) is 3.29. The number of benzene rings is 1. The van der Waals surface area contributed by atoms with E-state index in [1.807, 2.05) is 6.07 Å². The molecule has 1 aliphatic rings. The second-order valence-electron chi connectivity index (χ2n) is 6.75. The van der Waals surface area contributed by atoms with Gasteiger partial charge in [0.05, 0.1) is 7.11 Å². The van der Waals surface area contributed by atoms with Gasteiger partial charge in [0.15, 0.2) is 0 Å². The molecule has 3 rings (SSSR count). The van der Waals surface area contributed by atoms with Crippen LogP contribution in [0.25, 0.3) is 0 Å². The molecule has 0 bridgehead atoms. The van der Waals surface area contributed by atoms with E-state index in [1.165, 1.54) is 35.8 Å². The first kappa shape index (κ1) is 14.9. The lowest BCUT2D eigenvalue weighted by Gasteiger charge is -2.20. The van der Waals surface area contributed by atoms with E-state index in [0.29, 0.717) is 6.42 Å². The number of carbonyl (C=O) groups excluding carboxylic acids is 1. The van der Waals surface area contributed by atoms with E-state index in [1.54, 1.807) is 6.07 Å². The number of esters is 1. The molecule has 0 unspecified atom stereocenters. The highest BCUT2D eigenvalue weighted by molar-refractivity contribution is 5.86. The number of carbonyl (C=O) groups is 1. The van der Waals surface area contributed by atoms with Crippen LogP contribution < -0.4 is 0 Å². The van der Waals surface area contributed by atoms with Crippen LogP contribution in [0.5, 0.6) is 0 Å². The Morgan fingerprint density at radius 3 is 2.82 bits per heavy atom. The normalized spacial score (nSPS) is 15.6. The lowest BCUT2D eigenvalue weighted by atomic mass is 9.84. The average Bonchev–Trinajstić information content (AvgIpc) is 3.05. The van der Waals surface area contributed by atoms with Gasteiger partial charge >= 0.3 is 5.97 Å². The average molecular weight is 298 g/mol. The van der Waals surface area contributed by atoms with Crippen molar-refractivity contribution < 1.29 is 13.9 Å². The van der Waals surface area contributed by atoms with Gasteiger partial charge in [-0.1, -0.05) is 26.0 Å². The molecule has 1 aliphatic carbocycles. The van der Waals surface area contributed by atoms with E-state index in [0.717, 1.165) is 12.2 Å². The van der Waals surface area contributed by atoms with Gasteiger partial charge in [-0.05, 0) is 59.6 Å². The van der Waals surface area contributed by atoms with Crippen molar-refractivity contribution in [3.05, 3.63) is 58.0 Å². The predicted molar refractivity (Wildman–Crippen MR) is 85.4 cm³/mol. The molecular weight excluding hydrogens is 276 g/mol. The zero-order chi connectivity index (χ0) is 15.9. The van der Waals surface area contributed by atoms with Gasteiger partial charge in [0.25, 0.3) is 0 Å². The Labute approximate surface area is 131 Å². The number of ether oxygens (including phenoxy) is 1. The monoisotopic (exact) mass is 298 g/mol. The Kier molecular flexibility index (Phi) is 3.59. The van der Waals surface area contributed by atoms with E-state index in [-0.39, 0.29) is 11.2 Å². The molecule has 0 atom stereocenters. The molecule has 0 saturated carbocycles. The Hall–Kier alpha value is -2.03. The number of hydrogen-bond donors (Lipinski definition) is 0. The van der Waals surface area contributed by atoms with Crippen LogP contribution in [0.1, 0.15) is 58.8 Å². The van der Waals surface area contributed by atoms with E-state index in [9.17, 15) is 4.79 Å². The summed E-state index contributed by atoms with van der Waals surface area (Å²) < 4.78 is 10.3. The number of rotatable bonds is 3. The summed E-state index contributed by atoms with van der Waals surface area (Å²) in [5.74, 6) is 0.619. The van der Waals surface area contributed by atoms with Gasteiger partial charge in [0.2, 0.25) is 5.76 Å². The summed E-state index contributed by atoms with van der Waals surface area (Å²) in [6, 6.07) is 8.15. The maximum Gasteiger partial charge on any atom is 0.373 e. The maximum absolute atomic E-state index is 11.5. The van der Waals surface area contributed by atoms with Crippen LogP contribution in [-0.2, 0) is 23.0 Å². The van der Waals surface area contributed by atoms with Gasteiger partial charge in [-0.2, -0.15) is 0 Å². The quantitative estimate of drug-likeness (QED) is 0.798. The van der Waals surface area contributed by atoms with Gasteiger partial charge in [-0.15, -0.1) is 0 Å². The van der Waals surface area contributed by atoms with E-state index in [4.69, 9.17) is 4.42 Å². The molecule has 0 spiro atoms. The third kappa shape index (κ3) is 2.56. The third-order valence-corrected chi connectivity index (χ3v) is 4.72. The number of fused-ring (bicyclic) bond motifs is 1. The molecule has 22 heavy (non-hydrogen) atoms. The second-order valence-corrected chi connectivity index (χ2v) is 6.75. The zero-order valence-electron chi connectivity index (χ0n) is 13.7. The molecule has 0 N–H and O–H groups in total. The molecule has 116 valence electrons. The van der Waals surface area contributed by atoms with Crippen molar-refractivity contribution in [2.24, 2.45) is 0 Å². The molecule has 0 amide bonds. The Bertz CT molecular complexity index is 722. The predicted octanol–water partition coefficient (Wildman–Crippen LogP) is 4.19. The van der Waals surface area contributed by atoms with E-state index >= 15 is 0 Å². The Morgan fingerprint density at radius 2 is 2.09 bits per heavy atom. The molecule has 1 aromatic carbocycles. The van der Waals surface area contributed by atoms with Crippen molar-refractivity contribution in [2.45, 2.75) is 45.4 Å². The first-order valence-electron chi connectivity index (χ1n) is 7.70. The highest BCUT2D eigenvalue weighted by Gasteiger charge is 2.30. The summed E-state index contributed by atoms with van der Waals surface area (Å²) in [7, 11) is 1.36. The molecule has 2 aromatic rings. The van der Waals surface area contributed by atoms with Crippen LogP contribution in [-0.4, -0.2) is 13.1 Å². The van der Waals surface area contributed by atoms with Crippen molar-refractivity contribution in [2.75, 3.05) is 7.11 Å². The first-order chi connectivity index (χ1) is 10.4. The van der Waals surface area contributed by atoms with Gasteiger partial charge < -0.3 is 9.15 Å². The standard InChI is InChI=1S/C19H22O3/c1-12-9-13-7-8-19(2,3)16(13)11-14(12)10-15-5-6-17(22-15)18(20)21-4/h5-6,9,11H,7-8,10H2,1-4H3. The van der Waals surface area contributed by atoms with Crippen molar-refractivity contribution in [3.8, 4) is 0 Å². The van der Waals surface area contributed by atoms with Crippen LogP contribution in [0.2, 0.25) is 0 Å². The second kappa shape index (κ2) is 5.31. The van der Waals surface area contributed by atoms with E-state index in [2.05, 4.69) is 37.6 Å². The highest BCUT2D eigenvalue weighted by atomic mass is 16.5. The minimum atomic E-state index is -0.432. The van der Waals surface area contributed by atoms with Crippen LogP contribution in [0, 0.1) is 6.92 Å². The van der Waals surface area contributed by atoms with Crippen LogP contribution in [0.4, 0.5) is 0 Å². The molecule has 3 nitrogen and oxygen atoms in total. The van der Waals surface area contributed by atoms with Crippen LogP contribution >= 0.6 is 0 Å². The largest absolute Gasteiger partial charge is 0.463 e. The Balaban J connectivity index is 1.90. The van der Waals surface area contributed by atoms with Gasteiger partial charge in [-0.25, -0.2) is 4.79 Å². The lowest BCUT2D eigenvalue weighted by Crippen LogP contribution is -2.12. The van der Waals surface area contributed by atoms with Crippen molar-refractivity contribution >= 4 is 5.97 Å². The van der Waals surface area contributed by atoms with Crippen molar-refractivity contribution in [1.82, 2.24) is 0 Å². The van der Waals surface area contributed by atoms with Crippen LogP contribution in [0.15, 0.2) is 28.7 Å². The molecule has 1 heterocycles. The molecule has 0 radical (unpaired) electrons. The van der Waals surface area contributed by atoms with Gasteiger partial charge in [0, 0.05) is 6.42 Å². The van der Waals surface area contributed by atoms with Crippen LogP contribution in [0.3, 0.4) is 0 Å². The van der Waals surface area contributed by atoms with Gasteiger partial charge in [0.1, 0.15) is 5.76 Å². The number of aryl methyl sites for hydroxylation is 2. The van der Waals surface area contributed by atoms with Crippen molar-refractivity contribution in [3.63, 3.8) is 0 Å². The number of furan rings is 1. The SMILES string of the molecule is COC(=O)c1ccc(Cc2cc3c(cc2C)CCC3(C)C)o1. The smallest absolute Gasteiger partial charge is 0.373 e. The summed E-state index contributed by atoms with van der Waals surface area (Å²) in [6.45, 7) is 6.76. The summed E-state index contributed by atoms with van der Waals surface area (Å²) in [4.78, 5) is 11.5. The minimum absolute atomic E-state index is 0.248. The highest BCUT2D eigenvalue weighted by Crippen LogP contribution is 2.39. The molecule has 3 heteroatoms. The summed E-state index contributed by atoms with van der Waals surface area (Å²) in [5, 5.41) is 0. The summed E-state index contributed by atoms with van der Waals surface area (Å²) in [6.07, 6.45) is 3.07. The maximum atomic E-state index is 11.5. The number of methoxy groups -OCH3 is 1. The molecule has 1 aromatic heterocycles.